The van der Waals surface area contributed by atoms with Crippen molar-refractivity contribution < 1.29 is 23.9 Å². The summed E-state index contributed by atoms with van der Waals surface area (Å²) in [6.45, 7) is 2.77. The molecular formula is C20H24N2O6S. The van der Waals surface area contributed by atoms with Gasteiger partial charge in [-0.25, -0.2) is 4.79 Å². The van der Waals surface area contributed by atoms with Crippen molar-refractivity contribution in [1.29, 1.82) is 0 Å². The van der Waals surface area contributed by atoms with E-state index < -0.39 is 22.8 Å². The number of fused-ring (bicyclic) bond motifs is 3. The van der Waals surface area contributed by atoms with Crippen LogP contribution in [0.4, 0.5) is 0 Å². The van der Waals surface area contributed by atoms with Crippen LogP contribution in [0, 0.1) is 0 Å². The molecule has 9 heteroatoms. The summed E-state index contributed by atoms with van der Waals surface area (Å²) in [5.74, 6) is -0.144. The molecule has 2 heterocycles. The summed E-state index contributed by atoms with van der Waals surface area (Å²) >= 11 is -1.11. The number of benzene rings is 1. The lowest BCUT2D eigenvalue weighted by molar-refractivity contribution is 0.0694. The normalized spacial score (nSPS) is 15.9. The molecule has 0 spiro atoms. The number of aromatic nitrogens is 1. The molecule has 2 atom stereocenters. The lowest BCUT2D eigenvalue weighted by Crippen LogP contribution is -2.27. The van der Waals surface area contributed by atoms with E-state index in [4.69, 9.17) is 9.47 Å². The SMILES string of the molecule is CCC1Cc2cc(OCCN[S+](C)[O-])c(OC)cc2-c2cc(=O)c(C(=O)O)cn21. The van der Waals surface area contributed by atoms with Crippen LogP contribution in [-0.2, 0) is 17.8 Å². The maximum atomic E-state index is 12.3. The number of ether oxygens (including phenoxy) is 2. The van der Waals surface area contributed by atoms with Crippen LogP contribution in [-0.4, -0.2) is 46.7 Å². The van der Waals surface area contributed by atoms with Crippen molar-refractivity contribution in [1.82, 2.24) is 9.29 Å². The van der Waals surface area contributed by atoms with Crippen molar-refractivity contribution >= 4 is 17.3 Å². The van der Waals surface area contributed by atoms with Crippen LogP contribution in [0.25, 0.3) is 11.3 Å². The summed E-state index contributed by atoms with van der Waals surface area (Å²) in [6, 6.07) is 5.12. The average molecular weight is 420 g/mol. The molecule has 2 N–H and O–H groups in total. The van der Waals surface area contributed by atoms with E-state index in [1.807, 2.05) is 23.6 Å². The zero-order valence-electron chi connectivity index (χ0n) is 16.6. The molecule has 29 heavy (non-hydrogen) atoms. The number of pyridine rings is 1. The highest BCUT2D eigenvalue weighted by Gasteiger charge is 2.27. The zero-order valence-corrected chi connectivity index (χ0v) is 17.4. The van der Waals surface area contributed by atoms with Crippen molar-refractivity contribution in [2.24, 2.45) is 0 Å². The molecule has 1 aliphatic rings. The maximum Gasteiger partial charge on any atom is 0.341 e. The third-order valence-corrected chi connectivity index (χ3v) is 5.57. The van der Waals surface area contributed by atoms with Crippen LogP contribution in [0.2, 0.25) is 0 Å². The molecule has 1 aromatic carbocycles. The Labute approximate surface area is 171 Å². The number of hydrogen-bond acceptors (Lipinski definition) is 6. The third-order valence-electron chi connectivity index (χ3n) is 4.96. The van der Waals surface area contributed by atoms with Gasteiger partial charge < -0.3 is 23.7 Å². The second-order valence-corrected chi connectivity index (χ2v) is 7.97. The van der Waals surface area contributed by atoms with E-state index >= 15 is 0 Å². The van der Waals surface area contributed by atoms with Gasteiger partial charge in [0.1, 0.15) is 18.4 Å². The van der Waals surface area contributed by atoms with Gasteiger partial charge in [0.15, 0.2) is 16.9 Å². The van der Waals surface area contributed by atoms with E-state index in [1.54, 1.807) is 6.26 Å². The first-order valence-electron chi connectivity index (χ1n) is 9.26. The van der Waals surface area contributed by atoms with Crippen molar-refractivity contribution in [2.45, 2.75) is 25.8 Å². The van der Waals surface area contributed by atoms with E-state index in [1.165, 1.54) is 19.4 Å². The van der Waals surface area contributed by atoms with Crippen LogP contribution in [0.5, 0.6) is 11.5 Å². The van der Waals surface area contributed by atoms with Gasteiger partial charge >= 0.3 is 5.97 Å². The minimum atomic E-state index is -1.23. The van der Waals surface area contributed by atoms with Gasteiger partial charge in [-0.2, -0.15) is 0 Å². The molecule has 3 rings (SSSR count). The Balaban J connectivity index is 2.02. The van der Waals surface area contributed by atoms with Crippen molar-refractivity contribution in [3.05, 3.63) is 45.7 Å². The average Bonchev–Trinajstić information content (AvgIpc) is 2.69. The predicted octanol–water partition coefficient (Wildman–Crippen LogP) is 1.99. The number of nitrogens with zero attached hydrogens (tertiary/aromatic N) is 1. The standard InChI is InChI=1S/C20H24N2O6S/c1-4-13-7-12-8-19(28-6-5-21-29(3)26)18(27-2)9-14(12)16-10-17(23)15(20(24)25)11-22(13)16/h8-11,13,21H,4-7H2,1-3H3,(H,24,25). The Kier molecular flexibility index (Phi) is 6.51. The highest BCUT2D eigenvalue weighted by Crippen LogP contribution is 2.41. The second-order valence-electron chi connectivity index (χ2n) is 6.77. The van der Waals surface area contributed by atoms with Crippen LogP contribution >= 0.6 is 0 Å². The summed E-state index contributed by atoms with van der Waals surface area (Å²) in [5, 5.41) is 9.30. The summed E-state index contributed by atoms with van der Waals surface area (Å²) < 4.78 is 27.0. The molecule has 0 saturated heterocycles. The van der Waals surface area contributed by atoms with Crippen LogP contribution in [0.3, 0.4) is 0 Å². The molecule has 1 aromatic heterocycles. The molecule has 0 aliphatic carbocycles. The first-order chi connectivity index (χ1) is 13.8. The Hall–Kier alpha value is -2.49. The molecule has 0 bridgehead atoms. The molecular weight excluding hydrogens is 396 g/mol. The number of methoxy groups -OCH3 is 1. The second kappa shape index (κ2) is 8.89. The monoisotopic (exact) mass is 420 g/mol. The fourth-order valence-corrected chi connectivity index (χ4v) is 3.92. The van der Waals surface area contributed by atoms with Crippen LogP contribution in [0.15, 0.2) is 29.2 Å². The van der Waals surface area contributed by atoms with Crippen molar-refractivity contribution in [3.8, 4) is 22.8 Å². The van der Waals surface area contributed by atoms with Gasteiger partial charge in [-0.15, -0.1) is 4.72 Å². The Morgan fingerprint density at radius 3 is 2.76 bits per heavy atom. The first kappa shape index (κ1) is 21.2. The molecule has 2 unspecified atom stereocenters. The number of hydrogen-bond donors (Lipinski definition) is 2. The Bertz CT molecular complexity index is 972. The minimum Gasteiger partial charge on any atom is -0.598 e. The summed E-state index contributed by atoms with van der Waals surface area (Å²) in [4.78, 5) is 23.7. The number of carbonyl (C=O) groups is 1. The van der Waals surface area contributed by atoms with E-state index in [9.17, 15) is 19.2 Å². The number of carboxylic acids is 1. The first-order valence-corrected chi connectivity index (χ1v) is 10.8. The van der Waals surface area contributed by atoms with Gasteiger partial charge in [-0.1, -0.05) is 6.92 Å². The van der Waals surface area contributed by atoms with Gasteiger partial charge in [-0.3, -0.25) is 4.79 Å². The fraction of sp³-hybridized carbons (Fsp3) is 0.400. The number of nitrogens with one attached hydrogen (secondary N) is 1. The van der Waals surface area contributed by atoms with Crippen LogP contribution in [0.1, 0.15) is 35.3 Å². The maximum absolute atomic E-state index is 12.3. The Morgan fingerprint density at radius 2 is 2.14 bits per heavy atom. The van der Waals surface area contributed by atoms with E-state index in [2.05, 4.69) is 4.72 Å². The molecule has 2 aromatic rings. The topological polar surface area (TPSA) is 113 Å². The quantitative estimate of drug-likeness (QED) is 0.496. The molecule has 8 nitrogen and oxygen atoms in total. The van der Waals surface area contributed by atoms with Gasteiger partial charge in [-0.05, 0) is 30.5 Å². The number of rotatable bonds is 8. The van der Waals surface area contributed by atoms with Gasteiger partial charge in [0.25, 0.3) is 0 Å². The zero-order chi connectivity index (χ0) is 21.1. The molecule has 0 radical (unpaired) electrons. The molecule has 0 amide bonds. The van der Waals surface area contributed by atoms with Gasteiger partial charge in [0.05, 0.1) is 19.3 Å². The molecule has 0 fully saturated rings. The summed E-state index contributed by atoms with van der Waals surface area (Å²) in [7, 11) is 1.53. The van der Waals surface area contributed by atoms with E-state index in [0.29, 0.717) is 36.8 Å². The molecule has 1 aliphatic heterocycles. The van der Waals surface area contributed by atoms with Gasteiger partial charge in [0.2, 0.25) is 0 Å². The molecule has 0 saturated carbocycles. The van der Waals surface area contributed by atoms with Crippen LogP contribution < -0.4 is 19.6 Å². The van der Waals surface area contributed by atoms with Crippen molar-refractivity contribution in [2.75, 3.05) is 26.5 Å². The minimum absolute atomic E-state index is 0.0293. The van der Waals surface area contributed by atoms with E-state index in [-0.39, 0.29) is 11.6 Å². The third kappa shape index (κ3) is 4.42. The van der Waals surface area contributed by atoms with E-state index in [0.717, 1.165) is 17.5 Å². The Morgan fingerprint density at radius 1 is 1.38 bits per heavy atom. The summed E-state index contributed by atoms with van der Waals surface area (Å²) in [5.41, 5.74) is 1.73. The lowest BCUT2D eigenvalue weighted by atomic mass is 9.90. The smallest absolute Gasteiger partial charge is 0.341 e. The highest BCUT2D eigenvalue weighted by atomic mass is 32.2. The molecule has 156 valence electrons. The van der Waals surface area contributed by atoms with Gasteiger partial charge in [0, 0.05) is 35.2 Å². The fourth-order valence-electron chi connectivity index (χ4n) is 3.55. The van der Waals surface area contributed by atoms with Crippen molar-refractivity contribution in [3.63, 3.8) is 0 Å². The number of aromatic carboxylic acids is 1. The number of carboxylic acid groups (broad SMARTS) is 1. The highest BCUT2D eigenvalue weighted by molar-refractivity contribution is 7.88. The predicted molar refractivity (Wildman–Crippen MR) is 110 cm³/mol. The lowest BCUT2D eigenvalue weighted by Gasteiger charge is -2.31. The largest absolute Gasteiger partial charge is 0.598 e. The summed E-state index contributed by atoms with van der Waals surface area (Å²) in [6.07, 6.45) is 4.45.